The summed E-state index contributed by atoms with van der Waals surface area (Å²) in [6.45, 7) is 11.8. The molecule has 1 amide bonds. The van der Waals surface area contributed by atoms with E-state index in [-0.39, 0.29) is 41.7 Å². The Bertz CT molecular complexity index is 533. The molecule has 0 saturated carbocycles. The second-order valence-electron chi connectivity index (χ2n) is 8.60. The van der Waals surface area contributed by atoms with Gasteiger partial charge in [-0.2, -0.15) is 0 Å². The number of likely N-dealkylation sites (tertiary alicyclic amines) is 1. The van der Waals surface area contributed by atoms with Crippen molar-refractivity contribution in [3.8, 4) is 0 Å². The summed E-state index contributed by atoms with van der Waals surface area (Å²) in [4.78, 5) is 19.0. The van der Waals surface area contributed by atoms with Crippen molar-refractivity contribution >= 4 is 36.0 Å². The number of carbonyl (C=O) groups is 1. The van der Waals surface area contributed by atoms with Crippen LogP contribution in [0.3, 0.4) is 0 Å². The molecule has 29 heavy (non-hydrogen) atoms. The van der Waals surface area contributed by atoms with Crippen LogP contribution in [0.2, 0.25) is 0 Å². The lowest BCUT2D eigenvalue weighted by Gasteiger charge is -2.36. The maximum absolute atomic E-state index is 12.4. The monoisotopic (exact) mass is 526 g/mol. The Morgan fingerprint density at radius 1 is 1.31 bits per heavy atom. The molecule has 2 aliphatic heterocycles. The minimum Gasteiger partial charge on any atom is -0.444 e. The van der Waals surface area contributed by atoms with E-state index in [1.54, 1.807) is 12.0 Å². The maximum atomic E-state index is 12.4. The Hall–Kier alpha value is -0.810. The molecule has 0 spiro atoms. The summed E-state index contributed by atoms with van der Waals surface area (Å²) < 4.78 is 16.8. The minimum atomic E-state index is -0.480. The van der Waals surface area contributed by atoms with E-state index in [2.05, 4.69) is 10.6 Å². The molecule has 2 aliphatic rings. The van der Waals surface area contributed by atoms with E-state index in [9.17, 15) is 4.79 Å². The number of carbonyl (C=O) groups excluding carboxylic acids is 1. The van der Waals surface area contributed by atoms with Gasteiger partial charge in [0.15, 0.2) is 5.96 Å². The van der Waals surface area contributed by atoms with Crippen molar-refractivity contribution < 1.29 is 19.0 Å². The lowest BCUT2D eigenvalue weighted by atomic mass is 9.94. The lowest BCUT2D eigenvalue weighted by Crippen LogP contribution is -2.53. The first-order chi connectivity index (χ1) is 13.3. The minimum absolute atomic E-state index is 0. The van der Waals surface area contributed by atoms with E-state index in [0.717, 1.165) is 44.7 Å². The van der Waals surface area contributed by atoms with Crippen LogP contribution >= 0.6 is 24.0 Å². The van der Waals surface area contributed by atoms with E-state index in [0.29, 0.717) is 26.3 Å². The number of rotatable bonds is 5. The number of amides is 1. The number of nitrogens with zero attached hydrogens (tertiary/aromatic N) is 2. The average molecular weight is 526 g/mol. The van der Waals surface area contributed by atoms with Crippen LogP contribution in [-0.4, -0.2) is 80.7 Å². The van der Waals surface area contributed by atoms with Crippen LogP contribution in [0, 0.1) is 0 Å². The smallest absolute Gasteiger partial charge is 0.410 e. The first-order valence-electron chi connectivity index (χ1n) is 10.4. The summed E-state index contributed by atoms with van der Waals surface area (Å²) >= 11 is 0. The largest absolute Gasteiger partial charge is 0.444 e. The number of piperidine rings is 1. The number of methoxy groups -OCH3 is 1. The average Bonchev–Trinajstić information content (AvgIpc) is 2.66. The molecule has 0 radical (unpaired) electrons. The normalized spacial score (nSPS) is 22.4. The van der Waals surface area contributed by atoms with Crippen LogP contribution in [0.4, 0.5) is 4.79 Å². The molecule has 1 unspecified atom stereocenters. The molecule has 2 heterocycles. The number of aliphatic imine (C=N–C) groups is 1. The van der Waals surface area contributed by atoms with Gasteiger partial charge in [-0.3, -0.25) is 4.99 Å². The molecule has 0 aromatic heterocycles. The molecule has 8 nitrogen and oxygen atoms in total. The van der Waals surface area contributed by atoms with Gasteiger partial charge in [0, 0.05) is 58.8 Å². The summed E-state index contributed by atoms with van der Waals surface area (Å²) in [5, 5.41) is 6.80. The summed E-state index contributed by atoms with van der Waals surface area (Å²) in [5.41, 5.74) is -0.734. The third kappa shape index (κ3) is 8.84. The zero-order valence-electron chi connectivity index (χ0n) is 18.6. The molecule has 0 aliphatic carbocycles. The van der Waals surface area contributed by atoms with Gasteiger partial charge in [0.25, 0.3) is 0 Å². The molecule has 2 saturated heterocycles. The lowest BCUT2D eigenvalue weighted by molar-refractivity contribution is -0.0828. The zero-order chi connectivity index (χ0) is 20.6. The summed E-state index contributed by atoms with van der Waals surface area (Å²) in [6, 6.07) is 0.146. The fraction of sp³-hybridized carbons (Fsp3) is 0.900. The van der Waals surface area contributed by atoms with Crippen molar-refractivity contribution in [3.05, 3.63) is 0 Å². The maximum Gasteiger partial charge on any atom is 0.410 e. The molecule has 170 valence electrons. The van der Waals surface area contributed by atoms with Crippen LogP contribution in [-0.2, 0) is 14.2 Å². The van der Waals surface area contributed by atoms with Gasteiger partial charge in [-0.05, 0) is 40.5 Å². The van der Waals surface area contributed by atoms with Gasteiger partial charge in [0.2, 0.25) is 0 Å². The van der Waals surface area contributed by atoms with Gasteiger partial charge in [-0.15, -0.1) is 24.0 Å². The van der Waals surface area contributed by atoms with Crippen molar-refractivity contribution in [1.29, 1.82) is 0 Å². The third-order valence-electron chi connectivity index (χ3n) is 5.12. The quantitative estimate of drug-likeness (QED) is 0.326. The van der Waals surface area contributed by atoms with E-state index in [1.165, 1.54) is 0 Å². The van der Waals surface area contributed by atoms with E-state index < -0.39 is 5.60 Å². The highest BCUT2D eigenvalue weighted by Gasteiger charge is 2.33. The predicted octanol–water partition coefficient (Wildman–Crippen LogP) is 2.75. The molecule has 1 atom stereocenters. The highest BCUT2D eigenvalue weighted by atomic mass is 127. The summed E-state index contributed by atoms with van der Waals surface area (Å²) in [7, 11) is 1.75. The Balaban J connectivity index is 0.00000420. The van der Waals surface area contributed by atoms with Gasteiger partial charge in [-0.25, -0.2) is 4.79 Å². The fourth-order valence-corrected chi connectivity index (χ4v) is 3.49. The molecule has 0 aromatic carbocycles. The first-order valence-corrected chi connectivity index (χ1v) is 10.4. The first kappa shape index (κ1) is 26.2. The number of halogens is 1. The summed E-state index contributed by atoms with van der Waals surface area (Å²) in [5.74, 6) is 0.765. The number of nitrogens with one attached hydrogen (secondary N) is 2. The van der Waals surface area contributed by atoms with Crippen molar-refractivity contribution in [2.75, 3.05) is 46.5 Å². The van der Waals surface area contributed by atoms with Crippen LogP contribution in [0.15, 0.2) is 4.99 Å². The number of ether oxygens (including phenoxy) is 3. The number of guanidine groups is 1. The second-order valence-corrected chi connectivity index (χ2v) is 8.60. The molecule has 2 N–H and O–H groups in total. The van der Waals surface area contributed by atoms with Gasteiger partial charge in [0.05, 0.1) is 12.1 Å². The molecule has 9 heteroatoms. The van der Waals surface area contributed by atoms with Crippen molar-refractivity contribution in [1.82, 2.24) is 15.5 Å². The number of hydrogen-bond donors (Lipinski definition) is 2. The van der Waals surface area contributed by atoms with Gasteiger partial charge in [0.1, 0.15) is 5.60 Å². The van der Waals surface area contributed by atoms with E-state index >= 15 is 0 Å². The molecule has 2 fully saturated rings. The van der Waals surface area contributed by atoms with Crippen LogP contribution in [0.1, 0.15) is 53.4 Å². The molecule has 0 aromatic rings. The van der Waals surface area contributed by atoms with E-state index in [1.807, 2.05) is 27.7 Å². The highest BCUT2D eigenvalue weighted by molar-refractivity contribution is 14.0. The SMILES string of the molecule is CCNC(=NCC1(OC)CCOCC1)NC1CCCN(C(=O)OC(C)(C)C)C1.I. The molecular weight excluding hydrogens is 487 g/mol. The molecule has 0 bridgehead atoms. The highest BCUT2D eigenvalue weighted by Crippen LogP contribution is 2.24. The molecular formula is C20H39IN4O4. The van der Waals surface area contributed by atoms with Gasteiger partial charge >= 0.3 is 6.09 Å². The zero-order valence-corrected chi connectivity index (χ0v) is 20.9. The van der Waals surface area contributed by atoms with Gasteiger partial charge < -0.3 is 29.7 Å². The fourth-order valence-electron chi connectivity index (χ4n) is 3.49. The topological polar surface area (TPSA) is 84.4 Å². The Morgan fingerprint density at radius 2 is 2.00 bits per heavy atom. The van der Waals surface area contributed by atoms with Crippen molar-refractivity contribution in [2.45, 2.75) is 70.6 Å². The van der Waals surface area contributed by atoms with Crippen LogP contribution < -0.4 is 10.6 Å². The van der Waals surface area contributed by atoms with E-state index in [4.69, 9.17) is 19.2 Å². The van der Waals surface area contributed by atoms with Crippen LogP contribution in [0.25, 0.3) is 0 Å². The van der Waals surface area contributed by atoms with Crippen LogP contribution in [0.5, 0.6) is 0 Å². The summed E-state index contributed by atoms with van der Waals surface area (Å²) in [6.07, 6.45) is 3.38. The Labute approximate surface area is 192 Å². The van der Waals surface area contributed by atoms with Crippen molar-refractivity contribution in [3.63, 3.8) is 0 Å². The standard InChI is InChI=1S/C20H38N4O4.HI/c1-6-21-17(22-15-20(26-5)9-12-27-13-10-20)23-16-8-7-11-24(14-16)18(25)28-19(2,3)4;/h16H,6-15H2,1-5H3,(H2,21,22,23);1H. The molecule has 2 rings (SSSR count). The predicted molar refractivity (Wildman–Crippen MR) is 125 cm³/mol. The Morgan fingerprint density at radius 3 is 2.59 bits per heavy atom. The van der Waals surface area contributed by atoms with Crippen molar-refractivity contribution in [2.24, 2.45) is 4.99 Å². The number of hydrogen-bond acceptors (Lipinski definition) is 5. The van der Waals surface area contributed by atoms with Gasteiger partial charge in [-0.1, -0.05) is 0 Å². The third-order valence-corrected chi connectivity index (χ3v) is 5.12. The Kier molecular flexibility index (Phi) is 11.0. The second kappa shape index (κ2) is 12.1.